The van der Waals surface area contributed by atoms with Crippen molar-refractivity contribution >= 4 is 29.9 Å². The maximum atomic E-state index is 5.95. The Morgan fingerprint density at radius 2 is 2.05 bits per heavy atom. The van der Waals surface area contributed by atoms with E-state index in [0.717, 1.165) is 30.6 Å². The highest BCUT2D eigenvalue weighted by atomic mass is 127. The van der Waals surface area contributed by atoms with Crippen LogP contribution in [0.25, 0.3) is 0 Å². The summed E-state index contributed by atoms with van der Waals surface area (Å²) in [5, 5.41) is 6.76. The van der Waals surface area contributed by atoms with Gasteiger partial charge in [-0.3, -0.25) is 4.99 Å². The van der Waals surface area contributed by atoms with E-state index >= 15 is 0 Å². The SMILES string of the molecule is CCC(CNC(=NC)NC1CC1C)Oc1ccccc1.I. The summed E-state index contributed by atoms with van der Waals surface area (Å²) < 4.78 is 5.95. The Bertz CT molecular complexity index is 438. The van der Waals surface area contributed by atoms with Crippen molar-refractivity contribution < 1.29 is 4.74 Å². The lowest BCUT2D eigenvalue weighted by Crippen LogP contribution is -2.43. The first-order valence-corrected chi connectivity index (χ1v) is 7.41. The molecule has 0 spiro atoms. The van der Waals surface area contributed by atoms with E-state index in [2.05, 4.69) is 29.5 Å². The highest BCUT2D eigenvalue weighted by molar-refractivity contribution is 14.0. The first-order chi connectivity index (χ1) is 9.72. The normalized spacial score (nSPS) is 22.0. The van der Waals surface area contributed by atoms with Gasteiger partial charge in [-0.1, -0.05) is 32.0 Å². The van der Waals surface area contributed by atoms with Gasteiger partial charge in [0, 0.05) is 13.1 Å². The summed E-state index contributed by atoms with van der Waals surface area (Å²) in [5.74, 6) is 2.55. The maximum Gasteiger partial charge on any atom is 0.191 e. The molecule has 21 heavy (non-hydrogen) atoms. The Kier molecular flexibility index (Phi) is 7.85. The molecule has 1 aliphatic carbocycles. The standard InChI is InChI=1S/C16H25N3O.HI/c1-4-13(20-14-8-6-5-7-9-14)11-18-16(17-3)19-15-10-12(15)2;/h5-9,12-13,15H,4,10-11H2,1-3H3,(H2,17,18,19);1H. The molecule has 0 saturated heterocycles. The fraction of sp³-hybridized carbons (Fsp3) is 0.562. The monoisotopic (exact) mass is 403 g/mol. The fourth-order valence-corrected chi connectivity index (χ4v) is 2.06. The molecule has 118 valence electrons. The van der Waals surface area contributed by atoms with Crippen LogP contribution in [0.5, 0.6) is 5.75 Å². The smallest absolute Gasteiger partial charge is 0.191 e. The average Bonchev–Trinajstić information content (AvgIpc) is 3.18. The van der Waals surface area contributed by atoms with Crippen LogP contribution in [0, 0.1) is 5.92 Å². The predicted octanol–water partition coefficient (Wildman–Crippen LogP) is 3.04. The number of nitrogens with one attached hydrogen (secondary N) is 2. The van der Waals surface area contributed by atoms with Gasteiger partial charge >= 0.3 is 0 Å². The second-order valence-electron chi connectivity index (χ2n) is 5.38. The number of para-hydroxylation sites is 1. The van der Waals surface area contributed by atoms with E-state index in [-0.39, 0.29) is 30.1 Å². The number of hydrogen-bond acceptors (Lipinski definition) is 2. The first kappa shape index (κ1) is 18.1. The van der Waals surface area contributed by atoms with Gasteiger partial charge in [0.15, 0.2) is 5.96 Å². The van der Waals surface area contributed by atoms with Crippen molar-refractivity contribution in [3.05, 3.63) is 30.3 Å². The third-order valence-electron chi connectivity index (χ3n) is 3.65. The molecule has 1 aromatic carbocycles. The molecule has 0 aromatic heterocycles. The van der Waals surface area contributed by atoms with Crippen molar-refractivity contribution in [1.29, 1.82) is 0 Å². The number of benzene rings is 1. The third kappa shape index (κ3) is 6.11. The van der Waals surface area contributed by atoms with Gasteiger partial charge in [0.05, 0.1) is 6.54 Å². The molecular formula is C16H26IN3O. The number of guanidine groups is 1. The highest BCUT2D eigenvalue weighted by Crippen LogP contribution is 2.28. The van der Waals surface area contributed by atoms with Crippen molar-refractivity contribution in [3.63, 3.8) is 0 Å². The van der Waals surface area contributed by atoms with Gasteiger partial charge in [-0.2, -0.15) is 0 Å². The van der Waals surface area contributed by atoms with Crippen LogP contribution >= 0.6 is 24.0 Å². The van der Waals surface area contributed by atoms with Gasteiger partial charge in [-0.15, -0.1) is 24.0 Å². The maximum absolute atomic E-state index is 5.95. The minimum atomic E-state index is 0. The Morgan fingerprint density at radius 1 is 1.38 bits per heavy atom. The van der Waals surface area contributed by atoms with E-state index < -0.39 is 0 Å². The van der Waals surface area contributed by atoms with E-state index in [4.69, 9.17) is 4.74 Å². The molecule has 5 heteroatoms. The Morgan fingerprint density at radius 3 is 2.57 bits per heavy atom. The molecule has 2 rings (SSSR count). The van der Waals surface area contributed by atoms with Gasteiger partial charge in [0.1, 0.15) is 11.9 Å². The predicted molar refractivity (Wildman–Crippen MR) is 98.6 cm³/mol. The number of aliphatic imine (C=N–C) groups is 1. The van der Waals surface area contributed by atoms with E-state index in [1.165, 1.54) is 6.42 Å². The minimum Gasteiger partial charge on any atom is -0.489 e. The van der Waals surface area contributed by atoms with Crippen molar-refractivity contribution in [2.75, 3.05) is 13.6 Å². The lowest BCUT2D eigenvalue weighted by molar-refractivity contribution is 0.199. The molecule has 3 unspecified atom stereocenters. The Balaban J connectivity index is 0.00000220. The Labute approximate surface area is 144 Å². The molecule has 4 nitrogen and oxygen atoms in total. The highest BCUT2D eigenvalue weighted by Gasteiger charge is 2.33. The fourth-order valence-electron chi connectivity index (χ4n) is 2.06. The number of rotatable bonds is 6. The molecule has 1 aromatic rings. The van der Waals surface area contributed by atoms with Crippen LogP contribution in [0.1, 0.15) is 26.7 Å². The second kappa shape index (κ2) is 9.12. The minimum absolute atomic E-state index is 0. The summed E-state index contributed by atoms with van der Waals surface area (Å²) in [6, 6.07) is 10.5. The number of halogens is 1. The molecule has 1 aliphatic rings. The van der Waals surface area contributed by atoms with E-state index in [1.807, 2.05) is 30.3 Å². The van der Waals surface area contributed by atoms with Crippen LogP contribution in [0.15, 0.2) is 35.3 Å². The summed E-state index contributed by atoms with van der Waals surface area (Å²) in [6.07, 6.45) is 2.34. The molecule has 1 fully saturated rings. The van der Waals surface area contributed by atoms with Crippen LogP contribution in [-0.2, 0) is 0 Å². The summed E-state index contributed by atoms with van der Waals surface area (Å²) in [4.78, 5) is 4.25. The van der Waals surface area contributed by atoms with Crippen molar-refractivity contribution in [2.24, 2.45) is 10.9 Å². The van der Waals surface area contributed by atoms with Gasteiger partial charge < -0.3 is 15.4 Å². The van der Waals surface area contributed by atoms with Gasteiger partial charge in [-0.25, -0.2) is 0 Å². The first-order valence-electron chi connectivity index (χ1n) is 7.41. The van der Waals surface area contributed by atoms with Crippen LogP contribution in [-0.4, -0.2) is 31.7 Å². The van der Waals surface area contributed by atoms with Crippen LogP contribution < -0.4 is 15.4 Å². The molecule has 0 bridgehead atoms. The van der Waals surface area contributed by atoms with E-state index in [9.17, 15) is 0 Å². The van der Waals surface area contributed by atoms with Crippen molar-refractivity contribution in [3.8, 4) is 5.75 Å². The third-order valence-corrected chi connectivity index (χ3v) is 3.65. The number of nitrogens with zero attached hydrogens (tertiary/aromatic N) is 1. The molecule has 0 radical (unpaired) electrons. The van der Waals surface area contributed by atoms with Crippen LogP contribution in [0.3, 0.4) is 0 Å². The average molecular weight is 403 g/mol. The van der Waals surface area contributed by atoms with E-state index in [0.29, 0.717) is 6.04 Å². The molecule has 2 N–H and O–H groups in total. The zero-order valence-corrected chi connectivity index (χ0v) is 15.3. The summed E-state index contributed by atoms with van der Waals surface area (Å²) in [6.45, 7) is 5.14. The molecule has 0 amide bonds. The summed E-state index contributed by atoms with van der Waals surface area (Å²) in [5.41, 5.74) is 0. The quantitative estimate of drug-likeness (QED) is 0.436. The van der Waals surface area contributed by atoms with Crippen LogP contribution in [0.4, 0.5) is 0 Å². The van der Waals surface area contributed by atoms with E-state index in [1.54, 1.807) is 7.05 Å². The summed E-state index contributed by atoms with van der Waals surface area (Å²) >= 11 is 0. The molecule has 1 saturated carbocycles. The lowest BCUT2D eigenvalue weighted by atomic mass is 10.2. The largest absolute Gasteiger partial charge is 0.489 e. The second-order valence-corrected chi connectivity index (χ2v) is 5.38. The van der Waals surface area contributed by atoms with Gasteiger partial charge in [0.25, 0.3) is 0 Å². The topological polar surface area (TPSA) is 45.7 Å². The van der Waals surface area contributed by atoms with Crippen LogP contribution in [0.2, 0.25) is 0 Å². The Hall–Kier alpha value is -0.980. The molecular weight excluding hydrogens is 377 g/mol. The van der Waals surface area contributed by atoms with Gasteiger partial charge in [-0.05, 0) is 30.9 Å². The van der Waals surface area contributed by atoms with Crippen molar-refractivity contribution in [1.82, 2.24) is 10.6 Å². The number of hydrogen-bond donors (Lipinski definition) is 2. The molecule has 0 aliphatic heterocycles. The molecule has 3 atom stereocenters. The summed E-state index contributed by atoms with van der Waals surface area (Å²) in [7, 11) is 1.81. The van der Waals surface area contributed by atoms with Crippen molar-refractivity contribution in [2.45, 2.75) is 38.8 Å². The lowest BCUT2D eigenvalue weighted by Gasteiger charge is -2.20. The van der Waals surface area contributed by atoms with Gasteiger partial charge in [0.2, 0.25) is 0 Å². The number of ether oxygens (including phenoxy) is 1. The molecule has 0 heterocycles. The zero-order chi connectivity index (χ0) is 14.4. The zero-order valence-electron chi connectivity index (χ0n) is 13.0.